The molecule has 1 aliphatic rings. The first kappa shape index (κ1) is 18.1. The van der Waals surface area contributed by atoms with Crippen molar-refractivity contribution >= 4 is 21.0 Å². The van der Waals surface area contributed by atoms with E-state index in [2.05, 4.69) is 9.97 Å². The number of sulfonamides is 1. The Hall–Kier alpha value is -2.97. The lowest BCUT2D eigenvalue weighted by molar-refractivity contribution is 0.596. The maximum absolute atomic E-state index is 13.4. The Kier molecular flexibility index (Phi) is 4.07. The number of halogens is 1. The third kappa shape index (κ3) is 3.45. The molecule has 148 valence electrons. The Balaban J connectivity index is 1.79. The van der Waals surface area contributed by atoms with Gasteiger partial charge in [0.1, 0.15) is 23.0 Å². The topological polar surface area (TPSA) is 102 Å². The lowest BCUT2D eigenvalue weighted by atomic mass is 9.98. The summed E-state index contributed by atoms with van der Waals surface area (Å²) >= 11 is 0. The summed E-state index contributed by atoms with van der Waals surface area (Å²) in [5.41, 5.74) is 3.65. The minimum atomic E-state index is -3.68. The molecule has 0 aliphatic heterocycles. The highest BCUT2D eigenvalue weighted by atomic mass is 32.2. The van der Waals surface area contributed by atoms with Gasteiger partial charge in [0.2, 0.25) is 10.0 Å². The first-order chi connectivity index (χ1) is 13.9. The molecular weight excluding hydrogens is 393 g/mol. The number of fused-ring (bicyclic) bond motifs is 1. The highest BCUT2D eigenvalue weighted by molar-refractivity contribution is 7.88. The van der Waals surface area contributed by atoms with Gasteiger partial charge in [-0.2, -0.15) is 0 Å². The normalized spacial score (nSPS) is 14.6. The molecule has 0 amide bonds. The second-order valence-corrected chi connectivity index (χ2v) is 8.99. The summed E-state index contributed by atoms with van der Waals surface area (Å²) in [5, 5.41) is 6.14. The van der Waals surface area contributed by atoms with Crippen LogP contribution in [-0.2, 0) is 15.8 Å². The average molecular weight is 411 g/mol. The van der Waals surface area contributed by atoms with E-state index in [1.165, 1.54) is 12.1 Å². The van der Waals surface area contributed by atoms with Crippen molar-refractivity contribution in [2.24, 2.45) is 5.14 Å². The molecule has 1 fully saturated rings. The first-order valence-electron chi connectivity index (χ1n) is 9.24. The number of nitrogens with two attached hydrogens (primary N) is 1. The maximum atomic E-state index is 13.4. The number of aromatic nitrogens is 2. The molecule has 0 saturated heterocycles. The van der Waals surface area contributed by atoms with Gasteiger partial charge < -0.3 is 9.40 Å². The van der Waals surface area contributed by atoms with E-state index in [0.29, 0.717) is 34.2 Å². The molecule has 29 heavy (non-hydrogen) atoms. The predicted octanol–water partition coefficient (Wildman–Crippen LogP) is 4.29. The van der Waals surface area contributed by atoms with Crippen molar-refractivity contribution in [3.05, 3.63) is 65.7 Å². The number of primary sulfonamides is 1. The molecule has 0 bridgehead atoms. The summed E-state index contributed by atoms with van der Waals surface area (Å²) in [6, 6.07) is 9.78. The number of nitrogens with zero attached hydrogens (tertiary/aromatic N) is 1. The minimum Gasteiger partial charge on any atom is -0.455 e. The van der Waals surface area contributed by atoms with Gasteiger partial charge in [0.25, 0.3) is 0 Å². The minimum absolute atomic E-state index is 0.239. The fourth-order valence-corrected chi connectivity index (χ4v) is 4.44. The van der Waals surface area contributed by atoms with E-state index in [1.54, 1.807) is 30.6 Å². The van der Waals surface area contributed by atoms with Crippen molar-refractivity contribution in [1.82, 2.24) is 9.97 Å². The van der Waals surface area contributed by atoms with Crippen LogP contribution in [0.5, 0.6) is 0 Å². The fourth-order valence-electron chi connectivity index (χ4n) is 3.76. The first-order valence-corrected chi connectivity index (χ1v) is 11.0. The predicted molar refractivity (Wildman–Crippen MR) is 108 cm³/mol. The van der Waals surface area contributed by atoms with Crippen LogP contribution in [0.25, 0.3) is 33.7 Å². The van der Waals surface area contributed by atoms with Crippen molar-refractivity contribution in [2.45, 2.75) is 24.5 Å². The number of aromatic amines is 1. The molecule has 8 heteroatoms. The molecule has 4 aromatic rings. The Labute approximate surface area is 166 Å². The van der Waals surface area contributed by atoms with Crippen LogP contribution in [0.4, 0.5) is 4.39 Å². The van der Waals surface area contributed by atoms with Crippen molar-refractivity contribution < 1.29 is 17.2 Å². The number of furan rings is 1. The molecular formula is C21H18FN3O3S. The summed E-state index contributed by atoms with van der Waals surface area (Å²) in [5.74, 6) is 0.923. The SMILES string of the molecule is NS(=O)(=O)Cc1cc2oc(-c3ccc(F)cc3)c(-c3ncc[nH]3)c2cc1C1CC1. The van der Waals surface area contributed by atoms with Gasteiger partial charge in [0.05, 0.1) is 11.3 Å². The fraction of sp³-hybridized carbons (Fsp3) is 0.190. The smallest absolute Gasteiger partial charge is 0.213 e. The molecule has 0 atom stereocenters. The van der Waals surface area contributed by atoms with Crippen LogP contribution in [-0.4, -0.2) is 18.4 Å². The zero-order valence-electron chi connectivity index (χ0n) is 15.4. The van der Waals surface area contributed by atoms with Gasteiger partial charge in [-0.05, 0) is 66.3 Å². The van der Waals surface area contributed by atoms with Gasteiger partial charge in [0, 0.05) is 23.3 Å². The largest absolute Gasteiger partial charge is 0.455 e. The standard InChI is InChI=1S/C21H18FN3O3S/c22-15-5-3-13(4-6-15)20-19(21-24-7-8-25-21)17-10-16(12-1-2-12)14(9-18(17)28-20)11-29(23,26)27/h3-10,12H,1-2,11H2,(H,24,25)(H2,23,26,27). The van der Waals surface area contributed by atoms with Gasteiger partial charge in [-0.1, -0.05) is 0 Å². The zero-order valence-corrected chi connectivity index (χ0v) is 16.2. The molecule has 2 heterocycles. The van der Waals surface area contributed by atoms with Crippen LogP contribution in [0.1, 0.15) is 29.9 Å². The molecule has 5 rings (SSSR count). The molecule has 3 N–H and O–H groups in total. The Morgan fingerprint density at radius 3 is 2.59 bits per heavy atom. The quantitative estimate of drug-likeness (QED) is 0.511. The monoisotopic (exact) mass is 411 g/mol. The van der Waals surface area contributed by atoms with Crippen LogP contribution >= 0.6 is 0 Å². The van der Waals surface area contributed by atoms with E-state index < -0.39 is 10.0 Å². The third-order valence-corrected chi connectivity index (χ3v) is 5.88. The Morgan fingerprint density at radius 1 is 1.21 bits per heavy atom. The molecule has 2 aromatic carbocycles. The molecule has 0 unspecified atom stereocenters. The molecule has 0 spiro atoms. The van der Waals surface area contributed by atoms with E-state index in [4.69, 9.17) is 9.56 Å². The van der Waals surface area contributed by atoms with Crippen LogP contribution in [0.2, 0.25) is 0 Å². The summed E-state index contributed by atoms with van der Waals surface area (Å²) in [6.07, 6.45) is 5.41. The van der Waals surface area contributed by atoms with Gasteiger partial charge in [-0.3, -0.25) is 0 Å². The third-order valence-electron chi connectivity index (χ3n) is 5.17. The molecule has 6 nitrogen and oxygen atoms in total. The van der Waals surface area contributed by atoms with E-state index in [-0.39, 0.29) is 11.6 Å². The van der Waals surface area contributed by atoms with Gasteiger partial charge in [0.15, 0.2) is 0 Å². The second-order valence-electron chi connectivity index (χ2n) is 7.38. The number of H-pyrrole nitrogens is 1. The number of rotatable bonds is 5. The van der Waals surface area contributed by atoms with E-state index in [1.807, 2.05) is 6.07 Å². The van der Waals surface area contributed by atoms with Gasteiger partial charge in [-0.15, -0.1) is 0 Å². The van der Waals surface area contributed by atoms with Crippen LogP contribution < -0.4 is 5.14 Å². The number of nitrogens with one attached hydrogen (secondary N) is 1. The number of imidazole rings is 1. The average Bonchev–Trinajstić information content (AvgIpc) is 3.23. The second kappa shape index (κ2) is 6.53. The maximum Gasteiger partial charge on any atom is 0.213 e. The van der Waals surface area contributed by atoms with Crippen LogP contribution in [0.3, 0.4) is 0 Å². The van der Waals surface area contributed by atoms with Crippen molar-refractivity contribution in [1.29, 1.82) is 0 Å². The highest BCUT2D eigenvalue weighted by Gasteiger charge is 2.29. The summed E-state index contributed by atoms with van der Waals surface area (Å²) in [6.45, 7) is 0. The van der Waals surface area contributed by atoms with Crippen molar-refractivity contribution in [3.63, 3.8) is 0 Å². The molecule has 1 saturated carbocycles. The number of benzene rings is 2. The Morgan fingerprint density at radius 2 is 1.97 bits per heavy atom. The van der Waals surface area contributed by atoms with Crippen molar-refractivity contribution in [2.75, 3.05) is 0 Å². The van der Waals surface area contributed by atoms with Gasteiger partial charge >= 0.3 is 0 Å². The zero-order chi connectivity index (χ0) is 20.2. The molecule has 0 radical (unpaired) electrons. The highest BCUT2D eigenvalue weighted by Crippen LogP contribution is 2.46. The summed E-state index contributed by atoms with van der Waals surface area (Å²) < 4.78 is 43.0. The number of hydrogen-bond acceptors (Lipinski definition) is 4. The summed E-state index contributed by atoms with van der Waals surface area (Å²) in [7, 11) is -3.68. The Bertz CT molecular complexity index is 1310. The summed E-state index contributed by atoms with van der Waals surface area (Å²) in [4.78, 5) is 7.49. The van der Waals surface area contributed by atoms with E-state index in [0.717, 1.165) is 29.4 Å². The van der Waals surface area contributed by atoms with Gasteiger partial charge in [-0.25, -0.2) is 22.9 Å². The lowest BCUT2D eigenvalue weighted by Crippen LogP contribution is -2.15. The lowest BCUT2D eigenvalue weighted by Gasteiger charge is -2.08. The molecule has 2 aromatic heterocycles. The van der Waals surface area contributed by atoms with Crippen molar-refractivity contribution in [3.8, 4) is 22.7 Å². The van der Waals surface area contributed by atoms with E-state index in [9.17, 15) is 12.8 Å². The number of hydrogen-bond donors (Lipinski definition) is 2. The molecule has 1 aliphatic carbocycles. The van der Waals surface area contributed by atoms with Crippen LogP contribution in [0, 0.1) is 5.82 Å². The van der Waals surface area contributed by atoms with Crippen LogP contribution in [0.15, 0.2) is 53.2 Å². The van der Waals surface area contributed by atoms with E-state index >= 15 is 0 Å².